The van der Waals surface area contributed by atoms with Crippen molar-refractivity contribution < 1.29 is 4.74 Å². The molecule has 1 aromatic heterocycles. The lowest BCUT2D eigenvalue weighted by atomic mass is 10.5. The van der Waals surface area contributed by atoms with Crippen molar-refractivity contribution >= 4 is 0 Å². The lowest BCUT2D eigenvalue weighted by molar-refractivity contribution is 0.173. The predicted molar refractivity (Wildman–Crippen MR) is 51.1 cm³/mol. The first kappa shape index (κ1) is 9.45. The first-order chi connectivity index (χ1) is 6.77. The maximum atomic E-state index is 11.8. The molecule has 0 unspecified atom stereocenters. The molecule has 1 fully saturated rings. The van der Waals surface area contributed by atoms with E-state index in [0.717, 1.165) is 18.7 Å². The largest absolute Gasteiger partial charge is 0.377 e. The van der Waals surface area contributed by atoms with E-state index in [1.807, 2.05) is 6.92 Å². The van der Waals surface area contributed by atoms with E-state index in [0.29, 0.717) is 19.2 Å². The van der Waals surface area contributed by atoms with Gasteiger partial charge in [0.1, 0.15) is 6.61 Å². The van der Waals surface area contributed by atoms with Crippen LogP contribution in [0.1, 0.15) is 31.6 Å². The number of hydrogen-bond donors (Lipinski definition) is 0. The zero-order chi connectivity index (χ0) is 10.1. The molecule has 5 nitrogen and oxygen atoms in total. The topological polar surface area (TPSA) is 49.0 Å². The van der Waals surface area contributed by atoms with E-state index >= 15 is 0 Å². The highest BCUT2D eigenvalue weighted by molar-refractivity contribution is 4.95. The summed E-state index contributed by atoms with van der Waals surface area (Å²) in [5, 5.41) is 4.22. The van der Waals surface area contributed by atoms with Crippen molar-refractivity contribution in [1.82, 2.24) is 14.3 Å². The van der Waals surface area contributed by atoms with Gasteiger partial charge in [0.25, 0.3) is 0 Å². The third kappa shape index (κ3) is 1.48. The molecule has 1 aliphatic carbocycles. The summed E-state index contributed by atoms with van der Waals surface area (Å²) in [6.07, 6.45) is 2.18. The van der Waals surface area contributed by atoms with Crippen molar-refractivity contribution in [3.05, 3.63) is 16.3 Å². The van der Waals surface area contributed by atoms with Crippen molar-refractivity contribution in [3.63, 3.8) is 0 Å². The number of nitrogens with zero attached hydrogens (tertiary/aromatic N) is 3. The van der Waals surface area contributed by atoms with Crippen molar-refractivity contribution in [2.45, 2.75) is 39.0 Å². The third-order valence-electron chi connectivity index (χ3n) is 2.43. The molecule has 1 saturated carbocycles. The van der Waals surface area contributed by atoms with Crippen LogP contribution in [0.3, 0.4) is 0 Å². The molecule has 0 bridgehead atoms. The molecule has 0 saturated heterocycles. The van der Waals surface area contributed by atoms with Gasteiger partial charge < -0.3 is 4.74 Å². The first-order valence-electron chi connectivity index (χ1n) is 4.95. The van der Waals surface area contributed by atoms with Crippen LogP contribution < -0.4 is 5.69 Å². The Kier molecular flexibility index (Phi) is 2.41. The molecule has 1 aliphatic rings. The zero-order valence-corrected chi connectivity index (χ0v) is 8.56. The molecule has 0 aromatic carbocycles. The fourth-order valence-corrected chi connectivity index (χ4v) is 1.60. The SMILES string of the molecule is CCn1nc(COC)n(C2CC2)c1=O. The third-order valence-corrected chi connectivity index (χ3v) is 2.43. The van der Waals surface area contributed by atoms with Crippen LogP contribution in [-0.4, -0.2) is 21.5 Å². The van der Waals surface area contributed by atoms with E-state index in [1.54, 1.807) is 11.7 Å². The first-order valence-corrected chi connectivity index (χ1v) is 4.95. The maximum absolute atomic E-state index is 11.8. The Morgan fingerprint density at radius 1 is 1.57 bits per heavy atom. The van der Waals surface area contributed by atoms with Crippen molar-refractivity contribution in [3.8, 4) is 0 Å². The van der Waals surface area contributed by atoms with Gasteiger partial charge in [-0.2, -0.15) is 5.10 Å². The maximum Gasteiger partial charge on any atom is 0.346 e. The standard InChI is InChI=1S/C9H15N3O2/c1-3-11-9(13)12(7-4-5-7)8(10-11)6-14-2/h7H,3-6H2,1-2H3. The van der Waals surface area contributed by atoms with Gasteiger partial charge in [0.2, 0.25) is 0 Å². The number of aryl methyl sites for hydroxylation is 1. The zero-order valence-electron chi connectivity index (χ0n) is 8.56. The summed E-state index contributed by atoms with van der Waals surface area (Å²) in [5.74, 6) is 0.752. The molecule has 0 aliphatic heterocycles. The quantitative estimate of drug-likeness (QED) is 0.708. The monoisotopic (exact) mass is 197 g/mol. The average molecular weight is 197 g/mol. The molecule has 0 spiro atoms. The van der Waals surface area contributed by atoms with Gasteiger partial charge in [-0.3, -0.25) is 4.57 Å². The highest BCUT2D eigenvalue weighted by atomic mass is 16.5. The number of ether oxygens (including phenoxy) is 1. The second kappa shape index (κ2) is 3.57. The summed E-state index contributed by atoms with van der Waals surface area (Å²) in [7, 11) is 1.62. The van der Waals surface area contributed by atoms with E-state index < -0.39 is 0 Å². The smallest absolute Gasteiger partial charge is 0.346 e. The van der Waals surface area contributed by atoms with Gasteiger partial charge in [0, 0.05) is 19.7 Å². The summed E-state index contributed by atoms with van der Waals surface area (Å²) in [4.78, 5) is 11.8. The van der Waals surface area contributed by atoms with Crippen LogP contribution in [0, 0.1) is 0 Å². The summed E-state index contributed by atoms with van der Waals surface area (Å²) in [5.41, 5.74) is 0.00190. The Hall–Kier alpha value is -1.10. The molecule has 0 amide bonds. The Labute approximate surface area is 82.3 Å². The van der Waals surface area contributed by atoms with Crippen LogP contribution in [0.15, 0.2) is 4.79 Å². The van der Waals surface area contributed by atoms with Gasteiger partial charge in [-0.25, -0.2) is 9.48 Å². The fraction of sp³-hybridized carbons (Fsp3) is 0.778. The molecule has 0 radical (unpaired) electrons. The minimum absolute atomic E-state index is 0.00190. The second-order valence-electron chi connectivity index (χ2n) is 3.55. The number of aromatic nitrogens is 3. The molecule has 14 heavy (non-hydrogen) atoms. The Morgan fingerprint density at radius 3 is 2.79 bits per heavy atom. The molecule has 0 atom stereocenters. The molecule has 1 aromatic rings. The Morgan fingerprint density at radius 2 is 2.29 bits per heavy atom. The minimum Gasteiger partial charge on any atom is -0.377 e. The van der Waals surface area contributed by atoms with E-state index in [-0.39, 0.29) is 5.69 Å². The predicted octanol–water partition coefficient (Wildman–Crippen LogP) is 0.546. The molecular formula is C9H15N3O2. The lowest BCUT2D eigenvalue weighted by Crippen LogP contribution is -2.24. The number of rotatable bonds is 4. The molecule has 2 rings (SSSR count). The van der Waals surface area contributed by atoms with Crippen LogP contribution in [0.25, 0.3) is 0 Å². The normalized spacial score (nSPS) is 16.1. The molecule has 1 heterocycles. The van der Waals surface area contributed by atoms with Gasteiger partial charge in [0.05, 0.1) is 0 Å². The minimum atomic E-state index is 0.00190. The van der Waals surface area contributed by atoms with Crippen LogP contribution in [0.2, 0.25) is 0 Å². The van der Waals surface area contributed by atoms with Crippen LogP contribution in [0.4, 0.5) is 0 Å². The van der Waals surface area contributed by atoms with Crippen molar-refractivity contribution in [2.75, 3.05) is 7.11 Å². The summed E-state index contributed by atoms with van der Waals surface area (Å²) in [6, 6.07) is 0.368. The Bertz CT molecular complexity index is 376. The summed E-state index contributed by atoms with van der Waals surface area (Å²) in [6.45, 7) is 2.95. The van der Waals surface area contributed by atoms with Gasteiger partial charge in [-0.15, -0.1) is 0 Å². The van der Waals surface area contributed by atoms with Gasteiger partial charge >= 0.3 is 5.69 Å². The average Bonchev–Trinajstić information content (AvgIpc) is 2.94. The molecular weight excluding hydrogens is 182 g/mol. The highest BCUT2D eigenvalue weighted by Crippen LogP contribution is 2.34. The van der Waals surface area contributed by atoms with Gasteiger partial charge in [-0.05, 0) is 19.8 Å². The van der Waals surface area contributed by atoms with E-state index in [1.165, 1.54) is 4.68 Å². The van der Waals surface area contributed by atoms with E-state index in [4.69, 9.17) is 4.74 Å². The van der Waals surface area contributed by atoms with E-state index in [2.05, 4.69) is 5.10 Å². The van der Waals surface area contributed by atoms with Crippen LogP contribution >= 0.6 is 0 Å². The highest BCUT2D eigenvalue weighted by Gasteiger charge is 2.29. The molecule has 78 valence electrons. The van der Waals surface area contributed by atoms with Gasteiger partial charge in [-0.1, -0.05) is 0 Å². The van der Waals surface area contributed by atoms with Gasteiger partial charge in [0.15, 0.2) is 5.82 Å². The van der Waals surface area contributed by atoms with Crippen molar-refractivity contribution in [1.29, 1.82) is 0 Å². The van der Waals surface area contributed by atoms with Crippen LogP contribution in [-0.2, 0) is 17.9 Å². The lowest BCUT2D eigenvalue weighted by Gasteiger charge is -2.00. The molecule has 5 heteroatoms. The number of hydrogen-bond acceptors (Lipinski definition) is 3. The summed E-state index contributed by atoms with van der Waals surface area (Å²) >= 11 is 0. The molecule has 0 N–H and O–H groups in total. The number of methoxy groups -OCH3 is 1. The van der Waals surface area contributed by atoms with Crippen LogP contribution in [0.5, 0.6) is 0 Å². The second-order valence-corrected chi connectivity index (χ2v) is 3.55. The fourth-order valence-electron chi connectivity index (χ4n) is 1.60. The summed E-state index contributed by atoms with van der Waals surface area (Å²) < 4.78 is 8.29. The van der Waals surface area contributed by atoms with E-state index in [9.17, 15) is 4.79 Å². The Balaban J connectivity index is 2.41. The van der Waals surface area contributed by atoms with Crippen molar-refractivity contribution in [2.24, 2.45) is 0 Å².